The van der Waals surface area contributed by atoms with Gasteiger partial charge in [0.05, 0.1) is 17.6 Å². The van der Waals surface area contributed by atoms with Gasteiger partial charge >= 0.3 is 11.9 Å². The van der Waals surface area contributed by atoms with Crippen molar-refractivity contribution in [2.75, 3.05) is 6.61 Å². The lowest BCUT2D eigenvalue weighted by Crippen LogP contribution is -2.27. The first-order valence-electron chi connectivity index (χ1n) is 10.4. The SMILES string of the molecule is C=CCC(CC)(CC)COc1cc(F)c(C(=O)OC(=O)C(C)(C)C)cc1C1CC1. The Morgan fingerprint density at radius 3 is 2.31 bits per heavy atom. The quantitative estimate of drug-likeness (QED) is 0.280. The predicted octanol–water partition coefficient (Wildman–Crippen LogP) is 6.19. The predicted molar refractivity (Wildman–Crippen MR) is 112 cm³/mol. The summed E-state index contributed by atoms with van der Waals surface area (Å²) in [5.41, 5.74) is -0.305. The van der Waals surface area contributed by atoms with Gasteiger partial charge in [0, 0.05) is 11.5 Å². The largest absolute Gasteiger partial charge is 0.493 e. The van der Waals surface area contributed by atoms with E-state index in [0.717, 1.165) is 37.7 Å². The molecule has 0 aliphatic heterocycles. The van der Waals surface area contributed by atoms with Crippen LogP contribution in [0.3, 0.4) is 0 Å². The Balaban J connectivity index is 2.27. The van der Waals surface area contributed by atoms with E-state index >= 15 is 0 Å². The lowest BCUT2D eigenvalue weighted by molar-refractivity contribution is -0.146. The van der Waals surface area contributed by atoms with E-state index in [0.29, 0.717) is 12.4 Å². The first kappa shape index (κ1) is 23.1. The number of carbonyl (C=O) groups excluding carboxylic acids is 2. The molecule has 0 atom stereocenters. The number of hydrogen-bond acceptors (Lipinski definition) is 4. The maximum atomic E-state index is 14.7. The zero-order valence-corrected chi connectivity index (χ0v) is 18.3. The Morgan fingerprint density at radius 2 is 1.83 bits per heavy atom. The molecule has 4 nitrogen and oxygen atoms in total. The van der Waals surface area contributed by atoms with Gasteiger partial charge in [-0.25, -0.2) is 9.18 Å². The zero-order chi connectivity index (χ0) is 21.8. The third kappa shape index (κ3) is 5.68. The molecule has 29 heavy (non-hydrogen) atoms. The van der Waals surface area contributed by atoms with Crippen LogP contribution in [-0.4, -0.2) is 18.5 Å². The molecule has 2 rings (SSSR count). The lowest BCUT2D eigenvalue weighted by atomic mass is 9.80. The summed E-state index contributed by atoms with van der Waals surface area (Å²) in [6.45, 7) is 13.5. The fraction of sp³-hybridized carbons (Fsp3) is 0.583. The lowest BCUT2D eigenvalue weighted by Gasteiger charge is -2.31. The summed E-state index contributed by atoms with van der Waals surface area (Å²) in [5.74, 6) is -1.67. The summed E-state index contributed by atoms with van der Waals surface area (Å²) >= 11 is 0. The van der Waals surface area contributed by atoms with Gasteiger partial charge in [-0.3, -0.25) is 4.79 Å². The van der Waals surface area contributed by atoms with E-state index in [1.165, 1.54) is 12.1 Å². The molecule has 0 bridgehead atoms. The molecule has 1 fully saturated rings. The van der Waals surface area contributed by atoms with E-state index in [4.69, 9.17) is 9.47 Å². The Hall–Kier alpha value is -2.17. The van der Waals surface area contributed by atoms with Crippen LogP contribution in [0.25, 0.3) is 0 Å². The Labute approximate surface area is 173 Å². The fourth-order valence-corrected chi connectivity index (χ4v) is 3.20. The highest BCUT2D eigenvalue weighted by Crippen LogP contribution is 2.46. The molecule has 1 aliphatic rings. The van der Waals surface area contributed by atoms with Gasteiger partial charge in [0.2, 0.25) is 0 Å². The molecule has 1 aromatic carbocycles. The topological polar surface area (TPSA) is 52.6 Å². The van der Waals surface area contributed by atoms with Gasteiger partial charge in [0.25, 0.3) is 0 Å². The number of esters is 2. The van der Waals surface area contributed by atoms with Crippen LogP contribution in [0.2, 0.25) is 0 Å². The monoisotopic (exact) mass is 404 g/mol. The number of halogens is 1. The van der Waals surface area contributed by atoms with Crippen molar-refractivity contribution in [2.45, 2.75) is 72.6 Å². The minimum Gasteiger partial charge on any atom is -0.493 e. The standard InChI is InChI=1S/C24H33FO4/c1-7-12-24(8-2,9-3)15-28-20-14-19(25)18(13-17(20)16-10-11-16)21(26)29-22(27)23(4,5)6/h7,13-14,16H,1,8-12,15H2,2-6H3. The number of benzene rings is 1. The summed E-state index contributed by atoms with van der Waals surface area (Å²) in [6.07, 6.45) is 6.50. The highest BCUT2D eigenvalue weighted by Gasteiger charge is 2.33. The normalized spacial score (nSPS) is 14.4. The van der Waals surface area contributed by atoms with Crippen LogP contribution >= 0.6 is 0 Å². The van der Waals surface area contributed by atoms with E-state index in [2.05, 4.69) is 20.4 Å². The number of rotatable bonds is 9. The molecule has 0 amide bonds. The van der Waals surface area contributed by atoms with Crippen molar-refractivity contribution < 1.29 is 23.5 Å². The fourth-order valence-electron chi connectivity index (χ4n) is 3.20. The number of carbonyl (C=O) groups is 2. The summed E-state index contributed by atoms with van der Waals surface area (Å²) in [6, 6.07) is 2.75. The molecule has 0 unspecified atom stereocenters. The van der Waals surface area contributed by atoms with Gasteiger partial charge in [-0.05, 0) is 70.4 Å². The van der Waals surface area contributed by atoms with Gasteiger partial charge in [0.1, 0.15) is 11.6 Å². The second-order valence-corrected chi connectivity index (χ2v) is 9.06. The van der Waals surface area contributed by atoms with Gasteiger partial charge in [-0.15, -0.1) is 6.58 Å². The van der Waals surface area contributed by atoms with Crippen LogP contribution in [0.5, 0.6) is 5.75 Å². The number of allylic oxidation sites excluding steroid dienone is 1. The molecule has 160 valence electrons. The van der Waals surface area contributed by atoms with Crippen LogP contribution in [0, 0.1) is 16.6 Å². The van der Waals surface area contributed by atoms with Crippen molar-refractivity contribution in [1.82, 2.24) is 0 Å². The van der Waals surface area contributed by atoms with Crippen LogP contribution < -0.4 is 4.74 Å². The molecule has 0 aromatic heterocycles. The van der Waals surface area contributed by atoms with E-state index in [9.17, 15) is 14.0 Å². The van der Waals surface area contributed by atoms with Crippen molar-refractivity contribution in [3.05, 3.63) is 41.7 Å². The maximum absolute atomic E-state index is 14.7. The van der Waals surface area contributed by atoms with Crippen molar-refractivity contribution in [3.8, 4) is 5.75 Å². The summed E-state index contributed by atoms with van der Waals surface area (Å²) in [5, 5.41) is 0. The second-order valence-electron chi connectivity index (χ2n) is 9.06. The van der Waals surface area contributed by atoms with Crippen LogP contribution in [0.1, 0.15) is 88.6 Å². The first-order chi connectivity index (χ1) is 13.6. The van der Waals surface area contributed by atoms with Gasteiger partial charge < -0.3 is 9.47 Å². The average molecular weight is 405 g/mol. The van der Waals surface area contributed by atoms with Crippen molar-refractivity contribution in [2.24, 2.45) is 10.8 Å². The minimum absolute atomic E-state index is 0.0459. The highest BCUT2D eigenvalue weighted by molar-refractivity contribution is 5.98. The van der Waals surface area contributed by atoms with Crippen LogP contribution in [0.4, 0.5) is 4.39 Å². The van der Waals surface area contributed by atoms with Crippen molar-refractivity contribution in [1.29, 1.82) is 0 Å². The second kappa shape index (κ2) is 9.10. The van der Waals surface area contributed by atoms with Crippen LogP contribution in [0.15, 0.2) is 24.8 Å². The van der Waals surface area contributed by atoms with E-state index in [1.807, 2.05) is 6.08 Å². The Kier molecular flexibility index (Phi) is 7.25. The molecule has 0 heterocycles. The smallest absolute Gasteiger partial charge is 0.348 e. The highest BCUT2D eigenvalue weighted by atomic mass is 19.1. The first-order valence-corrected chi connectivity index (χ1v) is 10.4. The maximum Gasteiger partial charge on any atom is 0.348 e. The molecular weight excluding hydrogens is 371 g/mol. The molecule has 1 aliphatic carbocycles. The van der Waals surface area contributed by atoms with Gasteiger partial charge in [-0.2, -0.15) is 0 Å². The van der Waals surface area contributed by atoms with Crippen LogP contribution in [-0.2, 0) is 9.53 Å². The summed E-state index contributed by atoms with van der Waals surface area (Å²) < 4.78 is 25.7. The van der Waals surface area contributed by atoms with Crippen molar-refractivity contribution >= 4 is 11.9 Å². The summed E-state index contributed by atoms with van der Waals surface area (Å²) in [4.78, 5) is 24.4. The molecule has 0 saturated heterocycles. The van der Waals surface area contributed by atoms with E-state index < -0.39 is 23.2 Å². The average Bonchev–Trinajstić information content (AvgIpc) is 3.49. The Morgan fingerprint density at radius 1 is 1.21 bits per heavy atom. The number of hydrogen-bond donors (Lipinski definition) is 0. The van der Waals surface area contributed by atoms with E-state index in [-0.39, 0.29) is 16.9 Å². The third-order valence-corrected chi connectivity index (χ3v) is 5.75. The third-order valence-electron chi connectivity index (χ3n) is 5.75. The van der Waals surface area contributed by atoms with E-state index in [1.54, 1.807) is 20.8 Å². The Bertz CT molecular complexity index is 768. The molecule has 1 saturated carbocycles. The molecule has 5 heteroatoms. The molecule has 0 N–H and O–H groups in total. The molecular formula is C24H33FO4. The van der Waals surface area contributed by atoms with Gasteiger partial charge in [-0.1, -0.05) is 19.9 Å². The molecule has 0 spiro atoms. The minimum atomic E-state index is -0.959. The molecule has 1 aromatic rings. The number of ether oxygens (including phenoxy) is 2. The van der Waals surface area contributed by atoms with Gasteiger partial charge in [0.15, 0.2) is 0 Å². The zero-order valence-electron chi connectivity index (χ0n) is 18.3. The summed E-state index contributed by atoms with van der Waals surface area (Å²) in [7, 11) is 0. The molecule has 0 radical (unpaired) electrons. The van der Waals surface area contributed by atoms with Crippen molar-refractivity contribution in [3.63, 3.8) is 0 Å².